The summed E-state index contributed by atoms with van der Waals surface area (Å²) in [5.41, 5.74) is 11.9. The number of benzene rings is 5. The molecule has 244 valence electrons. The fraction of sp³-hybridized carbons (Fsp3) is 0.167. The third-order valence-electron chi connectivity index (χ3n) is 10.5. The molecule has 0 nitrogen and oxygen atoms in total. The van der Waals surface area contributed by atoms with Crippen molar-refractivity contribution in [3.05, 3.63) is 173 Å². The van der Waals surface area contributed by atoms with Crippen LogP contribution in [0.2, 0.25) is 0 Å². The molecule has 0 saturated heterocycles. The molecule has 0 fully saturated rings. The van der Waals surface area contributed by atoms with E-state index in [1.165, 1.54) is 92.7 Å². The Hall–Kier alpha value is -4.63. The van der Waals surface area contributed by atoms with Crippen molar-refractivity contribution in [1.29, 1.82) is 0 Å². The van der Waals surface area contributed by atoms with Crippen molar-refractivity contribution >= 4 is 49.5 Å². The SMILES string of the molecule is Cc1ccc2c(-c3cccc(-c4ccc(C5C=CC=CC5)s4)c3)c3cc(C)ccc3c(-c3cccc(C4=CCC(C5=CCCC=C5)S4)c3)c2c1. The summed E-state index contributed by atoms with van der Waals surface area (Å²) < 4.78 is 0. The number of fused-ring (bicyclic) bond motifs is 2. The minimum absolute atomic E-state index is 0.475. The van der Waals surface area contributed by atoms with Gasteiger partial charge in [-0.2, -0.15) is 0 Å². The molecular formula is C48H40S2. The highest BCUT2D eigenvalue weighted by atomic mass is 32.2. The Bertz CT molecular complexity index is 2440. The highest BCUT2D eigenvalue weighted by Gasteiger charge is 2.23. The van der Waals surface area contributed by atoms with Gasteiger partial charge in [0.15, 0.2) is 0 Å². The lowest BCUT2D eigenvalue weighted by Crippen LogP contribution is -2.01. The van der Waals surface area contributed by atoms with E-state index >= 15 is 0 Å². The van der Waals surface area contributed by atoms with E-state index in [9.17, 15) is 0 Å². The molecule has 1 aliphatic heterocycles. The molecule has 2 heterocycles. The van der Waals surface area contributed by atoms with Crippen LogP contribution in [0.25, 0.3) is 59.1 Å². The average molecular weight is 681 g/mol. The van der Waals surface area contributed by atoms with Crippen molar-refractivity contribution in [2.24, 2.45) is 0 Å². The van der Waals surface area contributed by atoms with Crippen molar-refractivity contribution in [2.45, 2.75) is 50.7 Å². The van der Waals surface area contributed by atoms with Gasteiger partial charge in [-0.3, -0.25) is 0 Å². The predicted molar refractivity (Wildman–Crippen MR) is 221 cm³/mol. The van der Waals surface area contributed by atoms with Gasteiger partial charge in [0.05, 0.1) is 0 Å². The summed E-state index contributed by atoms with van der Waals surface area (Å²) in [6, 6.07) is 37.3. The Morgan fingerprint density at radius 1 is 0.580 bits per heavy atom. The molecule has 2 unspecified atom stereocenters. The van der Waals surface area contributed by atoms with E-state index in [0.717, 1.165) is 19.3 Å². The molecule has 3 aliphatic rings. The summed E-state index contributed by atoms with van der Waals surface area (Å²) in [4.78, 5) is 4.17. The quantitative estimate of drug-likeness (QED) is 0.158. The molecule has 2 aliphatic carbocycles. The molecule has 0 saturated carbocycles. The Morgan fingerprint density at radius 3 is 1.96 bits per heavy atom. The molecule has 0 radical (unpaired) electrons. The van der Waals surface area contributed by atoms with E-state index in [1.807, 2.05) is 23.1 Å². The van der Waals surface area contributed by atoms with E-state index in [2.05, 4.69) is 160 Å². The van der Waals surface area contributed by atoms with Gasteiger partial charge in [0, 0.05) is 25.8 Å². The van der Waals surface area contributed by atoms with Crippen LogP contribution in [-0.2, 0) is 0 Å². The zero-order chi connectivity index (χ0) is 33.6. The smallest absolute Gasteiger partial charge is 0.0376 e. The number of aryl methyl sites for hydroxylation is 2. The average Bonchev–Trinajstić information content (AvgIpc) is 3.87. The molecule has 2 atom stereocenters. The molecule has 0 bridgehead atoms. The molecule has 0 N–H and O–H groups in total. The molecule has 6 aromatic rings. The predicted octanol–water partition coefficient (Wildman–Crippen LogP) is 14.4. The Morgan fingerprint density at radius 2 is 1.28 bits per heavy atom. The number of allylic oxidation sites excluding steroid dienone is 8. The van der Waals surface area contributed by atoms with E-state index < -0.39 is 0 Å². The highest BCUT2D eigenvalue weighted by Crippen LogP contribution is 2.48. The van der Waals surface area contributed by atoms with Crippen LogP contribution in [0.3, 0.4) is 0 Å². The minimum Gasteiger partial charge on any atom is -0.140 e. The normalized spacial score (nSPS) is 18.6. The van der Waals surface area contributed by atoms with Gasteiger partial charge in [-0.1, -0.05) is 133 Å². The van der Waals surface area contributed by atoms with Gasteiger partial charge >= 0.3 is 0 Å². The fourth-order valence-corrected chi connectivity index (χ4v) is 10.3. The van der Waals surface area contributed by atoms with Crippen molar-refractivity contribution in [1.82, 2.24) is 0 Å². The third-order valence-corrected chi connectivity index (χ3v) is 13.1. The van der Waals surface area contributed by atoms with Crippen LogP contribution >= 0.6 is 23.1 Å². The first kappa shape index (κ1) is 31.4. The number of hydrogen-bond donors (Lipinski definition) is 0. The summed E-state index contributed by atoms with van der Waals surface area (Å²) in [6.45, 7) is 4.44. The standard InChI is InChI=1S/C48H40S2/c1-31-19-21-39-41(27-31)47(37-17-9-15-35(29-37)45-25-23-43(49-45)33-11-5-3-6-12-33)40-22-20-32(2)28-42(40)48(39)38-18-10-16-36(30-38)46-26-24-44(50-46)34-13-7-4-8-14-34/h3,5-7,9-11,13-23,25-30,33,44H,4,8,12,24H2,1-2H3. The molecule has 50 heavy (non-hydrogen) atoms. The topological polar surface area (TPSA) is 0 Å². The first-order valence-electron chi connectivity index (χ1n) is 17.9. The lowest BCUT2D eigenvalue weighted by molar-refractivity contribution is 0.873. The van der Waals surface area contributed by atoms with Gasteiger partial charge in [0.1, 0.15) is 0 Å². The van der Waals surface area contributed by atoms with Crippen molar-refractivity contribution in [3.63, 3.8) is 0 Å². The fourth-order valence-electron chi connectivity index (χ4n) is 7.96. The van der Waals surface area contributed by atoms with Crippen LogP contribution in [0.15, 0.2) is 151 Å². The lowest BCUT2D eigenvalue weighted by Gasteiger charge is -2.20. The van der Waals surface area contributed by atoms with E-state index in [1.54, 1.807) is 0 Å². The van der Waals surface area contributed by atoms with Crippen molar-refractivity contribution in [3.8, 4) is 32.7 Å². The van der Waals surface area contributed by atoms with Gasteiger partial charge in [0.25, 0.3) is 0 Å². The van der Waals surface area contributed by atoms with E-state index in [4.69, 9.17) is 0 Å². The summed E-state index contributed by atoms with van der Waals surface area (Å²) in [5.74, 6) is 0.475. The van der Waals surface area contributed by atoms with Crippen LogP contribution in [0.4, 0.5) is 0 Å². The second-order valence-electron chi connectivity index (χ2n) is 14.0. The summed E-state index contributed by atoms with van der Waals surface area (Å²) in [6.07, 6.45) is 23.0. The first-order chi connectivity index (χ1) is 24.6. The zero-order valence-corrected chi connectivity index (χ0v) is 30.3. The number of rotatable bonds is 6. The highest BCUT2D eigenvalue weighted by molar-refractivity contribution is 8.09. The molecule has 0 spiro atoms. The van der Waals surface area contributed by atoms with Crippen LogP contribution < -0.4 is 0 Å². The Labute approximate surface area is 304 Å². The van der Waals surface area contributed by atoms with Crippen LogP contribution in [0.5, 0.6) is 0 Å². The van der Waals surface area contributed by atoms with Gasteiger partial charge < -0.3 is 0 Å². The summed E-state index contributed by atoms with van der Waals surface area (Å²) >= 11 is 3.96. The van der Waals surface area contributed by atoms with Crippen LogP contribution in [0, 0.1) is 13.8 Å². The molecule has 1 aromatic heterocycles. The molecule has 9 rings (SSSR count). The van der Waals surface area contributed by atoms with E-state index in [-0.39, 0.29) is 0 Å². The number of hydrogen-bond acceptors (Lipinski definition) is 2. The molecular weight excluding hydrogens is 641 g/mol. The second kappa shape index (κ2) is 13.2. The second-order valence-corrected chi connectivity index (χ2v) is 16.3. The molecule has 2 heteroatoms. The largest absolute Gasteiger partial charge is 0.140 e. The summed E-state index contributed by atoms with van der Waals surface area (Å²) in [7, 11) is 0. The Kier molecular flexibility index (Phi) is 8.31. The number of thioether (sulfide) groups is 1. The maximum Gasteiger partial charge on any atom is 0.0376 e. The van der Waals surface area contributed by atoms with Crippen molar-refractivity contribution < 1.29 is 0 Å². The maximum absolute atomic E-state index is 2.46. The minimum atomic E-state index is 0.475. The number of thiophene rings is 1. The van der Waals surface area contributed by atoms with Crippen molar-refractivity contribution in [2.75, 3.05) is 0 Å². The molecule has 0 amide bonds. The first-order valence-corrected chi connectivity index (χ1v) is 19.6. The summed E-state index contributed by atoms with van der Waals surface area (Å²) in [5, 5.41) is 5.77. The van der Waals surface area contributed by atoms with Gasteiger partial charge in [-0.15, -0.1) is 23.1 Å². The van der Waals surface area contributed by atoms with Gasteiger partial charge in [-0.05, 0) is 124 Å². The lowest BCUT2D eigenvalue weighted by atomic mass is 9.84. The zero-order valence-electron chi connectivity index (χ0n) is 28.7. The van der Waals surface area contributed by atoms with Gasteiger partial charge in [-0.25, -0.2) is 0 Å². The van der Waals surface area contributed by atoms with Crippen LogP contribution in [-0.4, -0.2) is 5.25 Å². The monoisotopic (exact) mass is 680 g/mol. The van der Waals surface area contributed by atoms with Gasteiger partial charge in [0.2, 0.25) is 0 Å². The van der Waals surface area contributed by atoms with Crippen LogP contribution in [0.1, 0.15) is 53.2 Å². The Balaban J connectivity index is 1.17. The maximum atomic E-state index is 2.46. The van der Waals surface area contributed by atoms with E-state index in [0.29, 0.717) is 11.2 Å². The molecule has 5 aromatic carbocycles. The third kappa shape index (κ3) is 5.85.